The molecule has 2 heterocycles. The summed E-state index contributed by atoms with van der Waals surface area (Å²) in [7, 11) is 0. The first-order valence-corrected chi connectivity index (χ1v) is 3.71. The molecule has 2 aliphatic heterocycles. The van der Waals surface area contributed by atoms with Gasteiger partial charge in [-0.25, -0.2) is 0 Å². The number of carbonyl (C=O) groups is 1. The van der Waals surface area contributed by atoms with E-state index in [0.717, 1.165) is 0 Å². The van der Waals surface area contributed by atoms with Crippen LogP contribution in [0.5, 0.6) is 0 Å². The molecule has 2 saturated heterocycles. The third-order valence-corrected chi connectivity index (χ3v) is 2.21. The van der Waals surface area contributed by atoms with Gasteiger partial charge in [0.2, 0.25) is 0 Å². The van der Waals surface area contributed by atoms with Gasteiger partial charge in [-0.05, 0) is 0 Å². The Balaban J connectivity index is 2.28. The minimum Gasteiger partial charge on any atom is -0.613 e. The summed E-state index contributed by atoms with van der Waals surface area (Å²) in [6.45, 7) is -2.03. The van der Waals surface area contributed by atoms with Crippen molar-refractivity contribution in [3.05, 3.63) is 5.82 Å². The van der Waals surface area contributed by atoms with E-state index in [-0.39, 0.29) is 12.4 Å². The molecular weight excluding hydrogens is 159 g/mol. The fourth-order valence-electron chi connectivity index (χ4n) is 1.67. The van der Waals surface area contributed by atoms with Crippen molar-refractivity contribution in [1.29, 1.82) is 0 Å². The highest BCUT2D eigenvalue weighted by Crippen LogP contribution is 2.41. The average Bonchev–Trinajstić information content (AvgIpc) is 2.40. The van der Waals surface area contributed by atoms with Gasteiger partial charge in [0.05, 0.1) is 6.42 Å². The van der Waals surface area contributed by atoms with Crippen molar-refractivity contribution in [2.24, 2.45) is 0 Å². The molecule has 0 amide bonds. The van der Waals surface area contributed by atoms with Crippen LogP contribution in [-0.2, 0) is 14.1 Å². The van der Waals surface area contributed by atoms with Crippen molar-refractivity contribution < 1.29 is 19.2 Å². The van der Waals surface area contributed by atoms with Crippen LogP contribution in [0.15, 0.2) is 0 Å². The van der Waals surface area contributed by atoms with Crippen molar-refractivity contribution >= 4 is 12.5 Å². The lowest BCUT2D eigenvalue weighted by Crippen LogP contribution is -2.38. The van der Waals surface area contributed by atoms with Crippen LogP contribution >= 0.6 is 0 Å². The van der Waals surface area contributed by atoms with E-state index >= 15 is 0 Å². The molecule has 2 fully saturated rings. The fraction of sp³-hybridized carbons (Fsp3) is 0.429. The van der Waals surface area contributed by atoms with Crippen LogP contribution in [0.1, 0.15) is 12.8 Å². The number of hydrogen-bond acceptors (Lipinski definition) is 4. The SMILES string of the molecule is C#C[B-]12OC(=O)C[C+]1CC(O)O2. The van der Waals surface area contributed by atoms with E-state index in [1.807, 2.05) is 0 Å². The first-order valence-electron chi connectivity index (χ1n) is 3.71. The molecule has 0 saturated carbocycles. The van der Waals surface area contributed by atoms with E-state index in [1.165, 1.54) is 0 Å². The second-order valence-corrected chi connectivity index (χ2v) is 3.00. The highest BCUT2D eigenvalue weighted by molar-refractivity contribution is 6.84. The average molecular weight is 166 g/mol. The largest absolute Gasteiger partial charge is 0.613 e. The van der Waals surface area contributed by atoms with Crippen LogP contribution in [0.3, 0.4) is 0 Å². The molecule has 0 radical (unpaired) electrons. The molecule has 0 bridgehead atoms. The summed E-state index contributed by atoms with van der Waals surface area (Å²) in [5, 5.41) is 9.10. The number of terminal acetylenes is 1. The number of hydrogen-bond donors (Lipinski definition) is 1. The lowest BCUT2D eigenvalue weighted by molar-refractivity contribution is -0.135. The van der Waals surface area contributed by atoms with Crippen LogP contribution in [0.2, 0.25) is 0 Å². The predicted octanol–water partition coefficient (Wildman–Crippen LogP) is -0.600. The van der Waals surface area contributed by atoms with Crippen LogP contribution in [0, 0.1) is 18.1 Å². The van der Waals surface area contributed by atoms with Crippen molar-refractivity contribution in [2.45, 2.75) is 19.1 Å². The second kappa shape index (κ2) is 2.19. The zero-order valence-corrected chi connectivity index (χ0v) is 6.32. The molecule has 2 unspecified atom stereocenters. The first kappa shape index (κ1) is 7.53. The minimum absolute atomic E-state index is 0.182. The standard InChI is InChI=1S/C7H7BO4/c1-2-8-5(3-6(9)11-8)4-7(10)12-8/h1,6,9H,3-4H2. The molecule has 12 heavy (non-hydrogen) atoms. The topological polar surface area (TPSA) is 55.8 Å². The van der Waals surface area contributed by atoms with Crippen LogP contribution in [0.4, 0.5) is 0 Å². The number of aliphatic hydroxyl groups excluding tert-OH is 1. The molecule has 0 aliphatic carbocycles. The molecule has 2 aliphatic rings. The van der Waals surface area contributed by atoms with Gasteiger partial charge in [-0.1, -0.05) is 0 Å². The molecule has 4 nitrogen and oxygen atoms in total. The molecule has 2 atom stereocenters. The monoisotopic (exact) mass is 166 g/mol. The van der Waals surface area contributed by atoms with Gasteiger partial charge in [-0.2, -0.15) is 12.2 Å². The summed E-state index contributed by atoms with van der Waals surface area (Å²) in [6.07, 6.45) is 4.76. The molecule has 0 aromatic heterocycles. The molecule has 1 N–H and O–H groups in total. The molecule has 0 aromatic carbocycles. The van der Waals surface area contributed by atoms with Gasteiger partial charge in [0.15, 0.2) is 6.29 Å². The van der Waals surface area contributed by atoms with Crippen molar-refractivity contribution in [1.82, 2.24) is 0 Å². The van der Waals surface area contributed by atoms with Crippen LogP contribution in [0.25, 0.3) is 0 Å². The predicted molar refractivity (Wildman–Crippen MR) is 40.2 cm³/mol. The van der Waals surface area contributed by atoms with Crippen LogP contribution in [-0.4, -0.2) is 23.9 Å². The lowest BCUT2D eigenvalue weighted by atomic mass is 9.50. The summed E-state index contributed by atoms with van der Waals surface area (Å²) in [6, 6.07) is 0. The molecule has 0 spiro atoms. The van der Waals surface area contributed by atoms with Gasteiger partial charge < -0.3 is 14.4 Å². The quantitative estimate of drug-likeness (QED) is 0.296. The number of aliphatic hydroxyl groups is 1. The lowest BCUT2D eigenvalue weighted by Gasteiger charge is -2.18. The minimum atomic E-state index is -2.03. The third-order valence-electron chi connectivity index (χ3n) is 2.21. The van der Waals surface area contributed by atoms with Gasteiger partial charge >= 0.3 is 12.5 Å². The summed E-state index contributed by atoms with van der Waals surface area (Å²) in [4.78, 5) is 10.8. The summed E-state index contributed by atoms with van der Waals surface area (Å²) < 4.78 is 9.85. The molecule has 62 valence electrons. The van der Waals surface area contributed by atoms with E-state index in [2.05, 4.69) is 5.82 Å². The van der Waals surface area contributed by atoms with Gasteiger partial charge in [0, 0.05) is 5.82 Å². The van der Waals surface area contributed by atoms with Crippen molar-refractivity contribution in [3.8, 4) is 12.2 Å². The summed E-state index contributed by atoms with van der Waals surface area (Å²) in [5.41, 5.74) is 0. The molecule has 2 rings (SSSR count). The Morgan fingerprint density at radius 3 is 3.17 bits per heavy atom. The van der Waals surface area contributed by atoms with Gasteiger partial charge in [0.25, 0.3) is 0 Å². The Morgan fingerprint density at radius 1 is 1.83 bits per heavy atom. The van der Waals surface area contributed by atoms with Crippen molar-refractivity contribution in [2.75, 3.05) is 0 Å². The Bertz CT molecular complexity index is 271. The maximum absolute atomic E-state index is 10.8. The highest BCUT2D eigenvalue weighted by Gasteiger charge is 2.62. The Hall–Kier alpha value is -1.12. The van der Waals surface area contributed by atoms with Gasteiger partial charge in [0.1, 0.15) is 6.42 Å². The van der Waals surface area contributed by atoms with Crippen molar-refractivity contribution in [3.63, 3.8) is 0 Å². The number of carbonyl (C=O) groups excluding carboxylic acids is 1. The maximum atomic E-state index is 10.8. The molecular formula is C7H7BO4. The Labute approximate surface area is 69.8 Å². The van der Waals surface area contributed by atoms with E-state index in [1.54, 1.807) is 0 Å². The first-order chi connectivity index (χ1) is 5.66. The normalized spacial score (nSPS) is 39.2. The zero-order chi connectivity index (χ0) is 8.77. The maximum Gasteiger partial charge on any atom is 0.580 e. The zero-order valence-electron chi connectivity index (χ0n) is 6.32. The summed E-state index contributed by atoms with van der Waals surface area (Å²) >= 11 is 0. The van der Waals surface area contributed by atoms with E-state index in [9.17, 15) is 4.79 Å². The van der Waals surface area contributed by atoms with Gasteiger partial charge in [-0.3, -0.25) is 4.79 Å². The second-order valence-electron chi connectivity index (χ2n) is 3.00. The van der Waals surface area contributed by atoms with E-state index in [0.29, 0.717) is 12.2 Å². The van der Waals surface area contributed by atoms with E-state index < -0.39 is 12.8 Å². The van der Waals surface area contributed by atoms with Gasteiger partial charge in [-0.15, -0.1) is 0 Å². The Kier molecular flexibility index (Phi) is 1.37. The van der Waals surface area contributed by atoms with Crippen LogP contribution < -0.4 is 0 Å². The summed E-state index contributed by atoms with van der Waals surface area (Å²) in [5.74, 6) is 2.64. The Morgan fingerprint density at radius 2 is 2.58 bits per heavy atom. The number of fused-ring (bicyclic) bond motifs is 1. The van der Waals surface area contributed by atoms with E-state index in [4.69, 9.17) is 20.8 Å². The fourth-order valence-corrected chi connectivity index (χ4v) is 1.67. The third kappa shape index (κ3) is 0.824. The highest BCUT2D eigenvalue weighted by atomic mass is 16.7. The smallest absolute Gasteiger partial charge is 0.580 e. The number of rotatable bonds is 0. The molecule has 5 heteroatoms. The molecule has 0 aromatic rings.